The van der Waals surface area contributed by atoms with E-state index in [-0.39, 0.29) is 18.8 Å². The highest BCUT2D eigenvalue weighted by Gasteiger charge is 2.25. The van der Waals surface area contributed by atoms with Crippen molar-refractivity contribution in [3.8, 4) is 11.5 Å². The number of nitrogens with one attached hydrogen (secondary N) is 1. The number of amides is 1. The molecule has 2 heterocycles. The minimum absolute atomic E-state index is 0.0685. The molecular weight excluding hydrogens is 388 g/mol. The molecule has 0 unspecified atom stereocenters. The fourth-order valence-electron chi connectivity index (χ4n) is 3.49. The van der Waals surface area contributed by atoms with Gasteiger partial charge in [0.25, 0.3) is 5.91 Å². The maximum absolute atomic E-state index is 13.0. The zero-order valence-corrected chi connectivity index (χ0v) is 16.3. The Kier molecular flexibility index (Phi) is 5.14. The van der Waals surface area contributed by atoms with E-state index in [2.05, 4.69) is 5.32 Å². The van der Waals surface area contributed by atoms with Crippen molar-refractivity contribution >= 4 is 22.8 Å². The van der Waals surface area contributed by atoms with Crippen LogP contribution in [-0.4, -0.2) is 34.4 Å². The van der Waals surface area contributed by atoms with E-state index in [0.29, 0.717) is 28.9 Å². The van der Waals surface area contributed by atoms with Gasteiger partial charge in [0.15, 0.2) is 11.5 Å². The molecule has 1 aliphatic heterocycles. The number of carboxylic acid groups (broad SMARTS) is 1. The smallest absolute Gasteiger partial charge is 0.326 e. The van der Waals surface area contributed by atoms with E-state index < -0.39 is 23.3 Å². The van der Waals surface area contributed by atoms with E-state index in [1.165, 1.54) is 6.20 Å². The SMILES string of the molecule is CCn1cc(C(=O)N[C@@H](Cc2ccccc2)C(=O)O)c(=O)c2cc3c(cc21)OCO3. The summed E-state index contributed by atoms with van der Waals surface area (Å²) in [6, 6.07) is 11.1. The topological polar surface area (TPSA) is 107 Å². The van der Waals surface area contributed by atoms with Crippen LogP contribution in [0, 0.1) is 0 Å². The van der Waals surface area contributed by atoms with Gasteiger partial charge >= 0.3 is 5.97 Å². The first kappa shape index (κ1) is 19.5. The summed E-state index contributed by atoms with van der Waals surface area (Å²) in [5.41, 5.74) is 0.765. The molecule has 154 valence electrons. The number of aryl methyl sites for hydroxylation is 1. The summed E-state index contributed by atoms with van der Waals surface area (Å²) in [4.78, 5) is 37.6. The lowest BCUT2D eigenvalue weighted by atomic mass is 10.0. The number of rotatable bonds is 6. The fourth-order valence-corrected chi connectivity index (χ4v) is 3.49. The van der Waals surface area contributed by atoms with E-state index in [0.717, 1.165) is 5.56 Å². The first-order chi connectivity index (χ1) is 14.5. The molecule has 4 rings (SSSR count). The van der Waals surface area contributed by atoms with Crippen molar-refractivity contribution in [2.24, 2.45) is 0 Å². The standard InChI is InChI=1S/C22H20N2O6/c1-2-24-11-15(20(25)14-9-18-19(10-17(14)24)30-12-29-18)21(26)23-16(22(27)28)8-13-6-4-3-5-7-13/h3-7,9-11,16H,2,8,12H2,1H3,(H,23,26)(H,27,28)/t16-/m0/s1. The number of carbonyl (C=O) groups is 2. The van der Waals surface area contributed by atoms with E-state index in [1.807, 2.05) is 13.0 Å². The summed E-state index contributed by atoms with van der Waals surface area (Å²) in [6.07, 6.45) is 1.56. The second kappa shape index (κ2) is 7.90. The molecule has 0 saturated carbocycles. The van der Waals surface area contributed by atoms with Gasteiger partial charge in [-0.25, -0.2) is 4.79 Å². The molecule has 0 fully saturated rings. The number of carboxylic acids is 1. The molecule has 1 amide bonds. The predicted octanol–water partition coefficient (Wildman–Crippen LogP) is 2.18. The van der Waals surface area contributed by atoms with Gasteiger partial charge < -0.3 is 24.5 Å². The monoisotopic (exact) mass is 408 g/mol. The minimum atomic E-state index is -1.17. The van der Waals surface area contributed by atoms with Crippen LogP contribution in [0.1, 0.15) is 22.8 Å². The zero-order chi connectivity index (χ0) is 21.3. The van der Waals surface area contributed by atoms with Gasteiger partial charge in [-0.1, -0.05) is 30.3 Å². The molecule has 1 aromatic heterocycles. The van der Waals surface area contributed by atoms with Crippen molar-refractivity contribution < 1.29 is 24.2 Å². The number of fused-ring (bicyclic) bond motifs is 2. The van der Waals surface area contributed by atoms with E-state index in [4.69, 9.17) is 9.47 Å². The highest BCUT2D eigenvalue weighted by atomic mass is 16.7. The first-order valence-corrected chi connectivity index (χ1v) is 9.52. The lowest BCUT2D eigenvalue weighted by Gasteiger charge is -2.16. The Hall–Kier alpha value is -3.81. The number of aromatic nitrogens is 1. The van der Waals surface area contributed by atoms with Crippen LogP contribution >= 0.6 is 0 Å². The van der Waals surface area contributed by atoms with Crippen molar-refractivity contribution in [2.45, 2.75) is 25.9 Å². The largest absolute Gasteiger partial charge is 0.480 e. The molecular formula is C22H20N2O6. The van der Waals surface area contributed by atoms with Gasteiger partial charge in [0.05, 0.1) is 10.9 Å². The van der Waals surface area contributed by atoms with Crippen LogP contribution in [0.5, 0.6) is 11.5 Å². The Labute approximate surface area is 171 Å². The fraction of sp³-hybridized carbons (Fsp3) is 0.227. The third-order valence-corrected chi connectivity index (χ3v) is 5.05. The zero-order valence-electron chi connectivity index (χ0n) is 16.3. The van der Waals surface area contributed by atoms with Gasteiger partial charge in [0, 0.05) is 25.2 Å². The maximum atomic E-state index is 13.0. The van der Waals surface area contributed by atoms with Crippen molar-refractivity contribution in [2.75, 3.05) is 6.79 Å². The van der Waals surface area contributed by atoms with Crippen molar-refractivity contribution in [3.63, 3.8) is 0 Å². The highest BCUT2D eigenvalue weighted by Crippen LogP contribution is 2.35. The van der Waals surface area contributed by atoms with E-state index >= 15 is 0 Å². The van der Waals surface area contributed by atoms with Crippen molar-refractivity contribution in [3.05, 3.63) is 70.0 Å². The number of benzene rings is 2. The van der Waals surface area contributed by atoms with Gasteiger partial charge in [0.2, 0.25) is 12.2 Å². The lowest BCUT2D eigenvalue weighted by molar-refractivity contribution is -0.139. The lowest BCUT2D eigenvalue weighted by Crippen LogP contribution is -2.43. The third-order valence-electron chi connectivity index (χ3n) is 5.05. The summed E-state index contributed by atoms with van der Waals surface area (Å²) in [6.45, 7) is 2.45. The van der Waals surface area contributed by atoms with Crippen LogP contribution in [0.15, 0.2) is 53.5 Å². The number of hydrogen-bond acceptors (Lipinski definition) is 5. The van der Waals surface area contributed by atoms with Crippen molar-refractivity contribution in [1.29, 1.82) is 0 Å². The Morgan fingerprint density at radius 1 is 1.17 bits per heavy atom. The second-order valence-electron chi connectivity index (χ2n) is 6.93. The average Bonchev–Trinajstić information content (AvgIpc) is 3.20. The van der Waals surface area contributed by atoms with Crippen LogP contribution in [0.2, 0.25) is 0 Å². The molecule has 2 N–H and O–H groups in total. The van der Waals surface area contributed by atoms with Gasteiger partial charge in [-0.15, -0.1) is 0 Å². The Bertz CT molecular complexity index is 1190. The summed E-state index contributed by atoms with van der Waals surface area (Å²) in [5.74, 6) is -0.931. The average molecular weight is 408 g/mol. The van der Waals surface area contributed by atoms with Gasteiger partial charge in [-0.3, -0.25) is 9.59 Å². The van der Waals surface area contributed by atoms with E-state index in [1.54, 1.807) is 41.0 Å². The number of carbonyl (C=O) groups excluding carboxylic acids is 1. The van der Waals surface area contributed by atoms with Crippen molar-refractivity contribution in [1.82, 2.24) is 9.88 Å². The maximum Gasteiger partial charge on any atom is 0.326 e. The molecule has 0 aliphatic carbocycles. The van der Waals surface area contributed by atoms with Crippen LogP contribution < -0.4 is 20.2 Å². The molecule has 8 heteroatoms. The van der Waals surface area contributed by atoms with Crippen LogP contribution in [0.3, 0.4) is 0 Å². The highest BCUT2D eigenvalue weighted by molar-refractivity contribution is 5.99. The summed E-state index contributed by atoms with van der Waals surface area (Å²) < 4.78 is 12.5. The number of hydrogen-bond donors (Lipinski definition) is 2. The van der Waals surface area contributed by atoms with Gasteiger partial charge in [0.1, 0.15) is 11.6 Å². The molecule has 2 aromatic carbocycles. The number of aliphatic carboxylic acids is 1. The Morgan fingerprint density at radius 2 is 1.87 bits per heavy atom. The van der Waals surface area contributed by atoms with Crippen LogP contribution in [0.25, 0.3) is 10.9 Å². The molecule has 0 saturated heterocycles. The van der Waals surface area contributed by atoms with Gasteiger partial charge in [-0.05, 0) is 18.6 Å². The first-order valence-electron chi connectivity index (χ1n) is 9.52. The molecule has 30 heavy (non-hydrogen) atoms. The predicted molar refractivity (Wildman–Crippen MR) is 109 cm³/mol. The quantitative estimate of drug-likeness (QED) is 0.647. The molecule has 8 nitrogen and oxygen atoms in total. The minimum Gasteiger partial charge on any atom is -0.480 e. The number of pyridine rings is 1. The summed E-state index contributed by atoms with van der Waals surface area (Å²) in [7, 11) is 0. The molecule has 1 aliphatic rings. The molecule has 0 spiro atoms. The summed E-state index contributed by atoms with van der Waals surface area (Å²) >= 11 is 0. The molecule has 0 radical (unpaired) electrons. The van der Waals surface area contributed by atoms with Gasteiger partial charge in [-0.2, -0.15) is 0 Å². The Morgan fingerprint density at radius 3 is 2.53 bits per heavy atom. The number of ether oxygens (including phenoxy) is 2. The molecule has 3 aromatic rings. The summed E-state index contributed by atoms with van der Waals surface area (Å²) in [5, 5.41) is 12.3. The van der Waals surface area contributed by atoms with Crippen LogP contribution in [-0.2, 0) is 17.8 Å². The Balaban J connectivity index is 1.70. The van der Waals surface area contributed by atoms with E-state index in [9.17, 15) is 19.5 Å². The van der Waals surface area contributed by atoms with Crippen LogP contribution in [0.4, 0.5) is 0 Å². The second-order valence-corrected chi connectivity index (χ2v) is 6.93. The molecule has 1 atom stereocenters. The number of nitrogens with zero attached hydrogens (tertiary/aromatic N) is 1. The normalized spacial score (nSPS) is 13.2. The third kappa shape index (κ3) is 3.59. The molecule has 0 bridgehead atoms.